The van der Waals surface area contributed by atoms with Crippen LogP contribution in [0.2, 0.25) is 0 Å². The van der Waals surface area contributed by atoms with Crippen molar-refractivity contribution in [3.05, 3.63) is 35.1 Å². The molecule has 0 aliphatic rings. The van der Waals surface area contributed by atoms with Crippen LogP contribution in [0.4, 0.5) is 13.2 Å². The SMILES string of the molecule is CCC(CCc1ccc(F)c(F)c1F)NC. The molecule has 1 aromatic carbocycles. The van der Waals surface area contributed by atoms with Crippen molar-refractivity contribution >= 4 is 0 Å². The van der Waals surface area contributed by atoms with Crippen molar-refractivity contribution < 1.29 is 13.2 Å². The highest BCUT2D eigenvalue weighted by Crippen LogP contribution is 2.17. The van der Waals surface area contributed by atoms with Gasteiger partial charge in [-0.2, -0.15) is 0 Å². The first-order valence-electron chi connectivity index (χ1n) is 5.39. The number of hydrogen-bond acceptors (Lipinski definition) is 1. The Balaban J connectivity index is 2.71. The van der Waals surface area contributed by atoms with E-state index in [9.17, 15) is 13.2 Å². The summed E-state index contributed by atoms with van der Waals surface area (Å²) >= 11 is 0. The Morgan fingerprint density at radius 3 is 2.44 bits per heavy atom. The first-order valence-corrected chi connectivity index (χ1v) is 5.39. The molecule has 16 heavy (non-hydrogen) atoms. The van der Waals surface area contributed by atoms with Gasteiger partial charge in [0.05, 0.1) is 0 Å². The third-order valence-electron chi connectivity index (χ3n) is 2.78. The molecule has 0 spiro atoms. The highest BCUT2D eigenvalue weighted by atomic mass is 19.2. The lowest BCUT2D eigenvalue weighted by Crippen LogP contribution is -2.24. The lowest BCUT2D eigenvalue weighted by atomic mass is 10.0. The van der Waals surface area contributed by atoms with Gasteiger partial charge in [0.25, 0.3) is 0 Å². The molecule has 0 fully saturated rings. The van der Waals surface area contributed by atoms with Gasteiger partial charge in [-0.25, -0.2) is 13.2 Å². The summed E-state index contributed by atoms with van der Waals surface area (Å²) in [6.45, 7) is 2.02. The van der Waals surface area contributed by atoms with Crippen molar-refractivity contribution in [2.24, 2.45) is 0 Å². The van der Waals surface area contributed by atoms with Crippen molar-refractivity contribution in [1.29, 1.82) is 0 Å². The second kappa shape index (κ2) is 5.89. The molecule has 0 aliphatic carbocycles. The Kier molecular flexibility index (Phi) is 4.80. The predicted molar refractivity (Wildman–Crippen MR) is 57.8 cm³/mol. The van der Waals surface area contributed by atoms with Crippen LogP contribution in [0.25, 0.3) is 0 Å². The molecule has 0 saturated carbocycles. The number of rotatable bonds is 5. The van der Waals surface area contributed by atoms with E-state index < -0.39 is 17.5 Å². The molecule has 1 rings (SSSR count). The lowest BCUT2D eigenvalue weighted by molar-refractivity contribution is 0.435. The van der Waals surface area contributed by atoms with Gasteiger partial charge in [0.15, 0.2) is 17.5 Å². The Hall–Kier alpha value is -1.03. The second-order valence-electron chi connectivity index (χ2n) is 3.77. The van der Waals surface area contributed by atoms with E-state index in [1.165, 1.54) is 6.07 Å². The van der Waals surface area contributed by atoms with Crippen molar-refractivity contribution in [3.63, 3.8) is 0 Å². The molecule has 1 unspecified atom stereocenters. The van der Waals surface area contributed by atoms with Gasteiger partial charge in [0.2, 0.25) is 0 Å². The van der Waals surface area contributed by atoms with E-state index in [2.05, 4.69) is 5.32 Å². The molecule has 0 heterocycles. The van der Waals surface area contributed by atoms with Crippen molar-refractivity contribution in [1.82, 2.24) is 5.32 Å². The predicted octanol–water partition coefficient (Wildman–Crippen LogP) is 3.03. The highest BCUT2D eigenvalue weighted by molar-refractivity contribution is 5.20. The monoisotopic (exact) mass is 231 g/mol. The molecule has 1 atom stereocenters. The minimum Gasteiger partial charge on any atom is -0.317 e. The molecule has 1 N–H and O–H groups in total. The Morgan fingerprint density at radius 1 is 1.19 bits per heavy atom. The maximum absolute atomic E-state index is 13.3. The summed E-state index contributed by atoms with van der Waals surface area (Å²) in [6.07, 6.45) is 2.03. The van der Waals surface area contributed by atoms with Crippen LogP contribution in [0, 0.1) is 17.5 Å². The zero-order valence-electron chi connectivity index (χ0n) is 9.49. The van der Waals surface area contributed by atoms with Crippen LogP contribution in [0.3, 0.4) is 0 Å². The van der Waals surface area contributed by atoms with Crippen molar-refractivity contribution in [2.75, 3.05) is 7.05 Å². The average Bonchev–Trinajstić information content (AvgIpc) is 2.30. The third-order valence-corrected chi connectivity index (χ3v) is 2.78. The summed E-state index contributed by atoms with van der Waals surface area (Å²) in [6, 6.07) is 2.54. The summed E-state index contributed by atoms with van der Waals surface area (Å²) in [4.78, 5) is 0. The molecular weight excluding hydrogens is 215 g/mol. The van der Waals surface area contributed by atoms with Crippen LogP contribution >= 0.6 is 0 Å². The Morgan fingerprint density at radius 2 is 1.88 bits per heavy atom. The molecular formula is C12H16F3N. The van der Waals surface area contributed by atoms with E-state index in [0.717, 1.165) is 12.5 Å². The van der Waals surface area contributed by atoms with Gasteiger partial charge in [-0.15, -0.1) is 0 Å². The smallest absolute Gasteiger partial charge is 0.194 e. The summed E-state index contributed by atoms with van der Waals surface area (Å²) in [5.74, 6) is -3.58. The van der Waals surface area contributed by atoms with Crippen molar-refractivity contribution in [2.45, 2.75) is 32.2 Å². The Bertz CT molecular complexity index is 348. The van der Waals surface area contributed by atoms with E-state index in [1.54, 1.807) is 0 Å². The normalized spacial score (nSPS) is 12.8. The maximum Gasteiger partial charge on any atom is 0.194 e. The van der Waals surface area contributed by atoms with E-state index in [1.807, 2.05) is 14.0 Å². The zero-order chi connectivity index (χ0) is 12.1. The van der Waals surface area contributed by atoms with Crippen LogP contribution in [0.1, 0.15) is 25.3 Å². The fraction of sp³-hybridized carbons (Fsp3) is 0.500. The second-order valence-corrected chi connectivity index (χ2v) is 3.77. The van der Waals surface area contributed by atoms with Gasteiger partial charge in [-0.05, 0) is 37.9 Å². The highest BCUT2D eigenvalue weighted by Gasteiger charge is 2.14. The quantitative estimate of drug-likeness (QED) is 0.768. The molecule has 0 saturated heterocycles. The number of halogens is 3. The van der Waals surface area contributed by atoms with Gasteiger partial charge < -0.3 is 5.32 Å². The first-order chi connectivity index (χ1) is 7.60. The summed E-state index contributed by atoms with van der Waals surface area (Å²) in [7, 11) is 1.83. The molecule has 4 heteroatoms. The fourth-order valence-electron chi connectivity index (χ4n) is 1.64. The van der Waals surface area contributed by atoms with Gasteiger partial charge >= 0.3 is 0 Å². The number of aryl methyl sites for hydroxylation is 1. The third kappa shape index (κ3) is 2.98. The molecule has 90 valence electrons. The first kappa shape index (κ1) is 13.0. The Labute approximate surface area is 93.7 Å². The van der Waals surface area contributed by atoms with Crippen LogP contribution in [-0.2, 0) is 6.42 Å². The molecule has 0 radical (unpaired) electrons. The largest absolute Gasteiger partial charge is 0.317 e. The zero-order valence-corrected chi connectivity index (χ0v) is 9.49. The molecule has 0 bridgehead atoms. The topological polar surface area (TPSA) is 12.0 Å². The standard InChI is InChI=1S/C12H16F3N/c1-3-9(16-2)6-4-8-5-7-10(13)12(15)11(8)14/h5,7,9,16H,3-4,6H2,1-2H3. The van der Waals surface area contributed by atoms with E-state index in [4.69, 9.17) is 0 Å². The summed E-state index contributed by atoms with van der Waals surface area (Å²) < 4.78 is 38.9. The average molecular weight is 231 g/mol. The van der Waals surface area contributed by atoms with Gasteiger partial charge in [-0.3, -0.25) is 0 Å². The minimum atomic E-state index is -1.38. The van der Waals surface area contributed by atoms with Crippen LogP contribution in [-0.4, -0.2) is 13.1 Å². The van der Waals surface area contributed by atoms with Crippen LogP contribution in [0.5, 0.6) is 0 Å². The minimum absolute atomic E-state index is 0.229. The van der Waals surface area contributed by atoms with Gasteiger partial charge in [0.1, 0.15) is 0 Å². The lowest BCUT2D eigenvalue weighted by Gasteiger charge is -2.13. The van der Waals surface area contributed by atoms with Crippen LogP contribution < -0.4 is 5.32 Å². The molecule has 0 aromatic heterocycles. The number of nitrogens with one attached hydrogen (secondary N) is 1. The molecule has 0 aliphatic heterocycles. The maximum atomic E-state index is 13.3. The van der Waals surface area contributed by atoms with Crippen LogP contribution in [0.15, 0.2) is 12.1 Å². The van der Waals surface area contributed by atoms with Gasteiger partial charge in [0, 0.05) is 6.04 Å². The molecule has 1 aromatic rings. The van der Waals surface area contributed by atoms with E-state index >= 15 is 0 Å². The van der Waals surface area contributed by atoms with E-state index in [0.29, 0.717) is 12.8 Å². The fourth-order valence-corrected chi connectivity index (χ4v) is 1.64. The number of hydrogen-bond donors (Lipinski definition) is 1. The van der Waals surface area contributed by atoms with E-state index in [-0.39, 0.29) is 11.6 Å². The molecule has 1 nitrogen and oxygen atoms in total. The van der Waals surface area contributed by atoms with Crippen molar-refractivity contribution in [3.8, 4) is 0 Å². The number of benzene rings is 1. The summed E-state index contributed by atoms with van der Waals surface area (Å²) in [5.41, 5.74) is 0.229. The summed E-state index contributed by atoms with van der Waals surface area (Å²) in [5, 5.41) is 3.08. The van der Waals surface area contributed by atoms with Gasteiger partial charge in [-0.1, -0.05) is 13.0 Å². The molecule has 0 amide bonds.